The monoisotopic (exact) mass is 257 g/mol. The molecule has 1 aromatic carbocycles. The van der Waals surface area contributed by atoms with E-state index in [1.54, 1.807) is 31.3 Å². The van der Waals surface area contributed by atoms with Crippen molar-refractivity contribution in [3.63, 3.8) is 0 Å². The third-order valence-corrected chi connectivity index (χ3v) is 5.91. The second-order valence-corrected chi connectivity index (χ2v) is 7.00. The van der Waals surface area contributed by atoms with Crippen molar-refractivity contribution in [2.75, 3.05) is 18.6 Å². The van der Waals surface area contributed by atoms with E-state index in [4.69, 9.17) is 0 Å². The van der Waals surface area contributed by atoms with Gasteiger partial charge >= 0.3 is 0 Å². The minimum Gasteiger partial charge on any atom is -0.207 e. The van der Waals surface area contributed by atoms with Gasteiger partial charge in [-0.3, -0.25) is 0 Å². The van der Waals surface area contributed by atoms with E-state index in [0.29, 0.717) is 4.90 Å². The molecule has 0 bridgehead atoms. The summed E-state index contributed by atoms with van der Waals surface area (Å²) in [6, 6.07) is 8.77. The molecule has 0 N–H and O–H groups in total. The maximum absolute atomic E-state index is 12.2. The molecule has 5 heteroatoms. The summed E-state index contributed by atoms with van der Waals surface area (Å²) in [5.41, 5.74) is 0. The Balaban J connectivity index is 2.25. The van der Waals surface area contributed by atoms with Crippen LogP contribution in [0.5, 0.6) is 0 Å². The van der Waals surface area contributed by atoms with Gasteiger partial charge in [0.25, 0.3) is 0 Å². The molecule has 0 aromatic heterocycles. The summed E-state index contributed by atoms with van der Waals surface area (Å²) >= 11 is 1.82. The van der Waals surface area contributed by atoms with Gasteiger partial charge in [-0.25, -0.2) is 8.42 Å². The summed E-state index contributed by atoms with van der Waals surface area (Å²) in [7, 11) is -1.62. The molecule has 1 aromatic rings. The zero-order valence-electron chi connectivity index (χ0n) is 9.17. The highest BCUT2D eigenvalue weighted by Crippen LogP contribution is 2.25. The van der Waals surface area contributed by atoms with Gasteiger partial charge in [-0.2, -0.15) is 16.1 Å². The fourth-order valence-electron chi connectivity index (χ4n) is 1.76. The van der Waals surface area contributed by atoms with E-state index >= 15 is 0 Å². The molecule has 3 nitrogen and oxygen atoms in total. The van der Waals surface area contributed by atoms with Crippen LogP contribution in [-0.2, 0) is 10.0 Å². The molecule has 0 saturated carbocycles. The maximum Gasteiger partial charge on any atom is 0.243 e. The van der Waals surface area contributed by atoms with Crippen molar-refractivity contribution in [3.05, 3.63) is 30.3 Å². The van der Waals surface area contributed by atoms with Crippen LogP contribution in [0.2, 0.25) is 0 Å². The molecule has 1 saturated heterocycles. The molecule has 0 spiro atoms. The van der Waals surface area contributed by atoms with Crippen LogP contribution in [0.4, 0.5) is 0 Å². The minimum atomic E-state index is -3.30. The lowest BCUT2D eigenvalue weighted by atomic mass is 10.3. The molecule has 0 radical (unpaired) electrons. The highest BCUT2D eigenvalue weighted by molar-refractivity contribution is 7.99. The number of sulfonamides is 1. The van der Waals surface area contributed by atoms with Gasteiger partial charge < -0.3 is 0 Å². The molecule has 2 rings (SSSR count). The van der Waals surface area contributed by atoms with Crippen molar-refractivity contribution in [3.8, 4) is 0 Å². The van der Waals surface area contributed by atoms with E-state index in [1.165, 1.54) is 4.31 Å². The third kappa shape index (κ3) is 2.26. The number of nitrogens with zero attached hydrogens (tertiary/aromatic N) is 1. The highest BCUT2D eigenvalue weighted by Gasteiger charge is 2.29. The smallest absolute Gasteiger partial charge is 0.207 e. The van der Waals surface area contributed by atoms with E-state index in [2.05, 4.69) is 0 Å². The lowest BCUT2D eigenvalue weighted by Gasteiger charge is -2.23. The second kappa shape index (κ2) is 4.77. The molecular weight excluding hydrogens is 242 g/mol. The van der Waals surface area contributed by atoms with Crippen LogP contribution in [0.25, 0.3) is 0 Å². The Hall–Kier alpha value is -0.520. The predicted molar refractivity (Wildman–Crippen MR) is 67.1 cm³/mol. The fourth-order valence-corrected chi connectivity index (χ4v) is 4.53. The quantitative estimate of drug-likeness (QED) is 0.829. The fraction of sp³-hybridized carbons (Fsp3) is 0.455. The Bertz CT molecular complexity index is 438. The number of rotatable bonds is 3. The zero-order chi connectivity index (χ0) is 11.6. The van der Waals surface area contributed by atoms with Gasteiger partial charge in [0.05, 0.1) is 4.90 Å². The van der Waals surface area contributed by atoms with Gasteiger partial charge in [0.1, 0.15) is 0 Å². The van der Waals surface area contributed by atoms with Crippen molar-refractivity contribution in [2.45, 2.75) is 17.4 Å². The normalized spacial score (nSPS) is 21.5. The first-order valence-corrected chi connectivity index (χ1v) is 7.82. The number of thioether (sulfide) groups is 1. The van der Waals surface area contributed by atoms with E-state index in [0.717, 1.165) is 17.9 Å². The Kier molecular flexibility index (Phi) is 3.56. The largest absolute Gasteiger partial charge is 0.243 e. The number of hydrogen-bond donors (Lipinski definition) is 0. The summed E-state index contributed by atoms with van der Waals surface area (Å²) in [5, 5.41) is 0. The molecule has 16 heavy (non-hydrogen) atoms. The van der Waals surface area contributed by atoms with Crippen molar-refractivity contribution in [2.24, 2.45) is 0 Å². The molecule has 1 fully saturated rings. The van der Waals surface area contributed by atoms with Crippen LogP contribution >= 0.6 is 11.8 Å². The molecule has 88 valence electrons. The molecule has 0 aliphatic carbocycles. The van der Waals surface area contributed by atoms with Crippen LogP contribution < -0.4 is 0 Å². The summed E-state index contributed by atoms with van der Waals surface area (Å²) < 4.78 is 26.0. The first kappa shape index (κ1) is 12.0. The van der Waals surface area contributed by atoms with Crippen LogP contribution in [0.3, 0.4) is 0 Å². The Morgan fingerprint density at radius 1 is 1.31 bits per heavy atom. The van der Waals surface area contributed by atoms with E-state index in [1.807, 2.05) is 17.8 Å². The molecular formula is C11H15NO2S2. The average Bonchev–Trinajstić information content (AvgIpc) is 2.82. The minimum absolute atomic E-state index is 0.148. The van der Waals surface area contributed by atoms with Crippen LogP contribution in [0.15, 0.2) is 35.2 Å². The van der Waals surface area contributed by atoms with Crippen molar-refractivity contribution in [1.82, 2.24) is 4.31 Å². The number of benzene rings is 1. The van der Waals surface area contributed by atoms with Gasteiger partial charge in [0, 0.05) is 18.8 Å². The zero-order valence-corrected chi connectivity index (χ0v) is 10.8. The summed E-state index contributed by atoms with van der Waals surface area (Å²) in [6.45, 7) is 0. The SMILES string of the molecule is CN(C1CCSC1)S(=O)(=O)c1ccccc1. The summed E-state index contributed by atoms with van der Waals surface area (Å²) in [6.07, 6.45) is 0.952. The van der Waals surface area contributed by atoms with Gasteiger partial charge in [-0.05, 0) is 24.3 Å². The molecule has 1 aliphatic heterocycles. The molecule has 0 amide bonds. The molecule has 1 unspecified atom stereocenters. The predicted octanol–water partition coefficient (Wildman–Crippen LogP) is 1.81. The summed E-state index contributed by atoms with van der Waals surface area (Å²) in [4.78, 5) is 0.384. The van der Waals surface area contributed by atoms with E-state index < -0.39 is 10.0 Å². The van der Waals surface area contributed by atoms with E-state index in [9.17, 15) is 8.42 Å². The molecule has 1 aliphatic rings. The second-order valence-electron chi connectivity index (χ2n) is 3.85. The maximum atomic E-state index is 12.2. The van der Waals surface area contributed by atoms with Crippen LogP contribution in [-0.4, -0.2) is 37.3 Å². The van der Waals surface area contributed by atoms with Gasteiger partial charge in [0.2, 0.25) is 10.0 Å². The van der Waals surface area contributed by atoms with E-state index in [-0.39, 0.29) is 6.04 Å². The topological polar surface area (TPSA) is 37.4 Å². The molecule has 1 heterocycles. The van der Waals surface area contributed by atoms with Crippen LogP contribution in [0.1, 0.15) is 6.42 Å². The van der Waals surface area contributed by atoms with Crippen LogP contribution in [0, 0.1) is 0 Å². The van der Waals surface area contributed by atoms with Crippen molar-refractivity contribution < 1.29 is 8.42 Å². The lowest BCUT2D eigenvalue weighted by Crippen LogP contribution is -2.36. The average molecular weight is 257 g/mol. The number of hydrogen-bond acceptors (Lipinski definition) is 3. The van der Waals surface area contributed by atoms with Gasteiger partial charge in [0.15, 0.2) is 0 Å². The van der Waals surface area contributed by atoms with Crippen molar-refractivity contribution >= 4 is 21.8 Å². The first-order chi connectivity index (χ1) is 7.62. The van der Waals surface area contributed by atoms with Gasteiger partial charge in [-0.15, -0.1) is 0 Å². The summed E-state index contributed by atoms with van der Waals surface area (Å²) in [5.74, 6) is 1.96. The highest BCUT2D eigenvalue weighted by atomic mass is 32.2. The standard InChI is InChI=1S/C11H15NO2S2/c1-12(10-7-8-15-9-10)16(13,14)11-5-3-2-4-6-11/h2-6,10H,7-9H2,1H3. The molecule has 1 atom stereocenters. The third-order valence-electron chi connectivity index (χ3n) is 2.84. The first-order valence-electron chi connectivity index (χ1n) is 5.23. The van der Waals surface area contributed by atoms with Gasteiger partial charge in [-0.1, -0.05) is 18.2 Å². The Morgan fingerprint density at radius 3 is 2.56 bits per heavy atom. The van der Waals surface area contributed by atoms with Crippen molar-refractivity contribution in [1.29, 1.82) is 0 Å². The Labute approximate surface area is 101 Å². The Morgan fingerprint density at radius 2 is 2.00 bits per heavy atom. The lowest BCUT2D eigenvalue weighted by molar-refractivity contribution is 0.394.